The summed E-state index contributed by atoms with van der Waals surface area (Å²) >= 11 is 0. The van der Waals surface area contributed by atoms with Crippen LogP contribution >= 0.6 is 0 Å². The summed E-state index contributed by atoms with van der Waals surface area (Å²) in [6, 6.07) is 145. The predicted molar refractivity (Wildman–Crippen MR) is 631 cm³/mol. The second-order valence-electron chi connectivity index (χ2n) is 27.7. The zero-order chi connectivity index (χ0) is 107. The minimum absolute atomic E-state index is 0.662. The summed E-state index contributed by atoms with van der Waals surface area (Å²) in [6.07, 6.45) is 22.6. The van der Waals surface area contributed by atoms with E-state index >= 15 is 0 Å². The third-order valence-electron chi connectivity index (χ3n) is 19.2. The third-order valence-corrected chi connectivity index (χ3v) is 19.2. The molecule has 0 N–H and O–H groups in total. The summed E-state index contributed by atoms with van der Waals surface area (Å²) in [5, 5.41) is 11.9. The standard InChI is InChI=1S/2C20H14N4.C18H12.C16H12N2.C10H8.C9H7N.2C6H6.2C3H3N3.10C2H6/c1-2-6-15(7-3-1)19-22-14-23-20(24-19)17-9-4-8-16(12-17)18-10-5-11-21-13-18;1-2-5-16(6-3-1)19-22-14-23-20(24-19)17-10-8-15(9-11-17)18-7-4-12-21-13-18;1-2-8-14-13(7-1)15-9-3-4-11-17(15)18-12-6-5-10-16(14)18;1-3-7-13(8-4-1)15-11-12-17-16(18-15)14-9-5-2-6-10-14;1-2-6-10-8-4-3-7-9(10)5-1;1-2-6-9-8(4-1)5-3-7-10-9;2*1-2-4-6-5-3-1;2*1-4-2-6-3-5-1;10*1-2/h2*1-14H;2*1-12H;1-8H;1-7H;2*1-6H;2*1-3H;10*1-2H3. The van der Waals surface area contributed by atoms with Crippen molar-refractivity contribution in [1.29, 1.82) is 0 Å². The first kappa shape index (κ1) is 122. The summed E-state index contributed by atoms with van der Waals surface area (Å²) in [4.78, 5) is 69.2. The molecule has 0 amide bonds. The first-order valence-electron chi connectivity index (χ1n) is 51.2. The van der Waals surface area contributed by atoms with Crippen molar-refractivity contribution in [2.75, 3.05) is 0 Å². The zero-order valence-electron chi connectivity index (χ0n) is 89.7. The van der Waals surface area contributed by atoms with E-state index in [-0.39, 0.29) is 0 Å². The minimum Gasteiger partial charge on any atom is -0.264 e. The molecule has 0 aliphatic heterocycles. The number of hydrogen-bond acceptors (Lipinski definition) is 17. The average molecular weight is 1960 g/mol. The maximum atomic E-state index is 4.61. The molecule has 0 saturated carbocycles. The molecule has 0 bridgehead atoms. The number of para-hydroxylation sites is 1. The van der Waals surface area contributed by atoms with Gasteiger partial charge in [0, 0.05) is 81.5 Å². The van der Waals surface area contributed by atoms with E-state index in [1.165, 1.54) is 86.4 Å². The van der Waals surface area contributed by atoms with Gasteiger partial charge in [-0.25, -0.2) is 69.8 Å². The van der Waals surface area contributed by atoms with E-state index in [1.807, 2.05) is 418 Å². The number of aromatic nitrogens is 17. The van der Waals surface area contributed by atoms with E-state index in [0.29, 0.717) is 23.3 Å². The highest BCUT2D eigenvalue weighted by molar-refractivity contribution is 6.25. The molecule has 0 unspecified atom stereocenters. The summed E-state index contributed by atoms with van der Waals surface area (Å²) < 4.78 is 0. The molecular formula is C131H145N17. The Hall–Kier alpha value is -17.8. The molecule has 0 radical (unpaired) electrons. The molecule has 0 spiro atoms. The smallest absolute Gasteiger partial charge is 0.163 e. The molecule has 0 atom stereocenters. The van der Waals surface area contributed by atoms with Gasteiger partial charge in [0.25, 0.3) is 0 Å². The summed E-state index contributed by atoms with van der Waals surface area (Å²) in [6.45, 7) is 40.0. The molecule has 15 aromatic carbocycles. The van der Waals surface area contributed by atoms with Gasteiger partial charge in [-0.3, -0.25) is 15.0 Å². The van der Waals surface area contributed by atoms with Crippen LogP contribution in [-0.2, 0) is 0 Å². The van der Waals surface area contributed by atoms with Crippen molar-refractivity contribution in [2.24, 2.45) is 0 Å². The molecule has 0 aliphatic rings. The predicted octanol–water partition coefficient (Wildman–Crippen LogP) is 35.9. The highest BCUT2D eigenvalue weighted by atomic mass is 15.0. The van der Waals surface area contributed by atoms with Gasteiger partial charge in [0.1, 0.15) is 50.6 Å². The number of hydrogen-bond donors (Lipinski definition) is 0. The SMILES string of the molecule is CC.CC.CC.CC.CC.CC.CC.CC.CC.CC.c1ccc(-c2ccnc(-c3ccccc3)n2)cc1.c1ccc(-c2ncnc(-c3ccc(-c4cccnc4)cc3)n2)cc1.c1ccc(-c2ncnc(-c3cccc(-c4cccnc4)c3)n2)cc1.c1ccc2c(c1)c1ccccc1c1ccccc21.c1ccc2ccccc2c1.c1ccc2ncccc2c1.c1ccccc1.c1ccccc1.c1ncncn1.c1ncncn1. The number of benzene rings is 15. The average Bonchev–Trinajstić information content (AvgIpc) is 0.748. The van der Waals surface area contributed by atoms with E-state index in [1.54, 1.807) is 31.2 Å². The van der Waals surface area contributed by atoms with E-state index in [4.69, 9.17) is 0 Å². The van der Waals surface area contributed by atoms with Crippen molar-refractivity contribution in [3.8, 4) is 90.5 Å². The molecule has 23 rings (SSSR count). The lowest BCUT2D eigenvalue weighted by atomic mass is 9.95. The van der Waals surface area contributed by atoms with Crippen LogP contribution in [0.25, 0.3) is 144 Å². The maximum absolute atomic E-state index is 4.61. The molecular weight excluding hydrogens is 1810 g/mol. The third kappa shape index (κ3) is 43.9. The Morgan fingerprint density at radius 3 is 0.703 bits per heavy atom. The molecule has 17 nitrogen and oxygen atoms in total. The van der Waals surface area contributed by atoms with Crippen LogP contribution in [0.4, 0.5) is 0 Å². The van der Waals surface area contributed by atoms with Gasteiger partial charge in [-0.15, -0.1) is 0 Å². The van der Waals surface area contributed by atoms with Gasteiger partial charge >= 0.3 is 0 Å². The Labute approximate surface area is 880 Å². The van der Waals surface area contributed by atoms with Crippen LogP contribution in [0, 0.1) is 0 Å². The van der Waals surface area contributed by atoms with Crippen molar-refractivity contribution >= 4 is 54.0 Å². The van der Waals surface area contributed by atoms with Crippen LogP contribution in [0.3, 0.4) is 0 Å². The summed E-state index contributed by atoms with van der Waals surface area (Å²) in [7, 11) is 0. The van der Waals surface area contributed by atoms with Crippen LogP contribution in [-0.4, -0.2) is 84.7 Å². The highest BCUT2D eigenvalue weighted by Gasteiger charge is 2.12. The first-order valence-corrected chi connectivity index (χ1v) is 51.2. The Balaban J connectivity index is 0.000000347. The molecule has 0 aliphatic carbocycles. The second kappa shape index (κ2) is 80.7. The largest absolute Gasteiger partial charge is 0.264 e. The van der Waals surface area contributed by atoms with Gasteiger partial charge in [0.05, 0.1) is 11.2 Å². The molecule has 754 valence electrons. The van der Waals surface area contributed by atoms with Crippen LogP contribution in [0.5, 0.6) is 0 Å². The zero-order valence-corrected chi connectivity index (χ0v) is 89.7. The van der Waals surface area contributed by atoms with Gasteiger partial charge in [-0.1, -0.05) is 533 Å². The molecule has 148 heavy (non-hydrogen) atoms. The van der Waals surface area contributed by atoms with E-state index in [2.05, 4.69) is 255 Å². The van der Waals surface area contributed by atoms with E-state index < -0.39 is 0 Å². The van der Waals surface area contributed by atoms with Gasteiger partial charge in [-0.2, -0.15) is 0 Å². The van der Waals surface area contributed by atoms with Crippen LogP contribution < -0.4 is 0 Å². The lowest BCUT2D eigenvalue weighted by Crippen LogP contribution is -1.95. The van der Waals surface area contributed by atoms with E-state index in [9.17, 15) is 0 Å². The van der Waals surface area contributed by atoms with Crippen LogP contribution in [0.2, 0.25) is 0 Å². The Morgan fingerprint density at radius 1 is 0.135 bits per heavy atom. The second-order valence-corrected chi connectivity index (χ2v) is 27.7. The Kier molecular flexibility index (Phi) is 66.8. The summed E-state index contributed by atoms with van der Waals surface area (Å²) in [5.41, 5.74) is 12.4. The van der Waals surface area contributed by atoms with Crippen LogP contribution in [0.15, 0.2) is 519 Å². The monoisotopic (exact) mass is 1960 g/mol. The molecule has 8 aromatic heterocycles. The Morgan fingerprint density at radius 2 is 0.378 bits per heavy atom. The minimum atomic E-state index is 0.662. The molecule has 8 heterocycles. The highest BCUT2D eigenvalue weighted by Crippen LogP contribution is 2.35. The van der Waals surface area contributed by atoms with Gasteiger partial charge in [0.15, 0.2) is 29.1 Å². The number of fused-ring (bicyclic) bond motifs is 8. The maximum Gasteiger partial charge on any atom is 0.163 e. The normalized spacial score (nSPS) is 9.08. The molecule has 0 fully saturated rings. The fourth-order valence-corrected chi connectivity index (χ4v) is 13.1. The Bertz CT molecular complexity index is 6320. The van der Waals surface area contributed by atoms with E-state index in [0.717, 1.165) is 72.7 Å². The fourth-order valence-electron chi connectivity index (χ4n) is 13.1. The number of pyridine rings is 3. The fraction of sp³-hybridized carbons (Fsp3) is 0.153. The molecule has 0 saturated heterocycles. The van der Waals surface area contributed by atoms with Gasteiger partial charge < -0.3 is 0 Å². The van der Waals surface area contributed by atoms with Crippen molar-refractivity contribution < 1.29 is 0 Å². The molecule has 17 heteroatoms. The topological polar surface area (TPSA) is 219 Å². The quantitative estimate of drug-likeness (QED) is 0.129. The number of nitrogens with zero attached hydrogens (tertiary/aromatic N) is 17. The summed E-state index contributed by atoms with van der Waals surface area (Å²) in [5.74, 6) is 3.44. The van der Waals surface area contributed by atoms with Crippen molar-refractivity contribution in [1.82, 2.24) is 84.7 Å². The lowest BCUT2D eigenvalue weighted by molar-refractivity contribution is 1.05. The van der Waals surface area contributed by atoms with Gasteiger partial charge in [0.2, 0.25) is 0 Å². The number of rotatable bonds is 8. The van der Waals surface area contributed by atoms with Crippen LogP contribution in [0.1, 0.15) is 138 Å². The van der Waals surface area contributed by atoms with Crippen molar-refractivity contribution in [3.05, 3.63) is 519 Å². The van der Waals surface area contributed by atoms with Crippen molar-refractivity contribution in [3.63, 3.8) is 0 Å². The molecule has 23 aromatic rings. The van der Waals surface area contributed by atoms with Crippen molar-refractivity contribution in [2.45, 2.75) is 138 Å². The first-order chi connectivity index (χ1) is 73.6. The van der Waals surface area contributed by atoms with Gasteiger partial charge in [-0.05, 0) is 96.2 Å². The lowest BCUT2D eigenvalue weighted by Gasteiger charge is -2.09.